The van der Waals surface area contributed by atoms with E-state index in [0.717, 1.165) is 29.5 Å². The number of aromatic nitrogens is 1. The lowest BCUT2D eigenvalue weighted by Crippen LogP contribution is -2.13. The van der Waals surface area contributed by atoms with Crippen molar-refractivity contribution in [1.82, 2.24) is 4.98 Å². The van der Waals surface area contributed by atoms with E-state index in [1.807, 2.05) is 0 Å². The Bertz CT molecular complexity index is 1240. The lowest BCUT2D eigenvalue weighted by atomic mass is 10.1. The highest BCUT2D eigenvalue weighted by atomic mass is 32.1. The molecule has 0 saturated heterocycles. The van der Waals surface area contributed by atoms with Gasteiger partial charge in [0.15, 0.2) is 5.13 Å². The van der Waals surface area contributed by atoms with Gasteiger partial charge in [-0.25, -0.2) is 18.6 Å². The van der Waals surface area contributed by atoms with Crippen molar-refractivity contribution < 1.29 is 32.6 Å². The first kappa shape index (κ1) is 26.0. The fourth-order valence-electron chi connectivity index (χ4n) is 3.01. The van der Waals surface area contributed by atoms with Gasteiger partial charge in [0.2, 0.25) is 0 Å². The van der Waals surface area contributed by atoms with Crippen molar-refractivity contribution in [1.29, 1.82) is 0 Å². The molecule has 184 valence electrons. The van der Waals surface area contributed by atoms with E-state index in [9.17, 15) is 22.8 Å². The zero-order valence-electron chi connectivity index (χ0n) is 19.0. The Morgan fingerprint density at radius 3 is 2.57 bits per heavy atom. The van der Waals surface area contributed by atoms with Gasteiger partial charge in [-0.1, -0.05) is 19.1 Å². The molecule has 2 N–H and O–H groups in total. The summed E-state index contributed by atoms with van der Waals surface area (Å²) in [5.41, 5.74) is 0.125. The number of rotatable bonds is 10. The summed E-state index contributed by atoms with van der Waals surface area (Å²) >= 11 is 1.12. The number of carbonyl (C=O) groups is 2. The van der Waals surface area contributed by atoms with Gasteiger partial charge in [-0.2, -0.15) is 0 Å². The number of aliphatic carboxylic acids is 1. The van der Waals surface area contributed by atoms with Gasteiger partial charge in [0.25, 0.3) is 5.91 Å². The minimum atomic E-state index is -1.31. The minimum absolute atomic E-state index is 0.107. The van der Waals surface area contributed by atoms with E-state index in [1.165, 1.54) is 6.92 Å². The fraction of sp³-hybridized carbons (Fsp3) is 0.240. The number of alkyl halides is 1. The summed E-state index contributed by atoms with van der Waals surface area (Å²) in [6, 6.07) is 8.82. The van der Waals surface area contributed by atoms with Gasteiger partial charge in [-0.05, 0) is 49.6 Å². The third kappa shape index (κ3) is 6.69. The van der Waals surface area contributed by atoms with Gasteiger partial charge in [0.1, 0.15) is 17.4 Å². The summed E-state index contributed by atoms with van der Waals surface area (Å²) < 4.78 is 47.2. The van der Waals surface area contributed by atoms with Crippen molar-refractivity contribution in [3.63, 3.8) is 0 Å². The Labute approximate surface area is 204 Å². The van der Waals surface area contributed by atoms with E-state index in [-0.39, 0.29) is 22.2 Å². The fourth-order valence-corrected chi connectivity index (χ4v) is 3.71. The molecule has 0 saturated carbocycles. The van der Waals surface area contributed by atoms with Gasteiger partial charge >= 0.3 is 5.97 Å². The van der Waals surface area contributed by atoms with Gasteiger partial charge in [-0.15, -0.1) is 11.3 Å². The van der Waals surface area contributed by atoms with Crippen LogP contribution in [-0.2, 0) is 4.79 Å². The normalized spacial score (nSPS) is 12.3. The third-order valence-electron chi connectivity index (χ3n) is 5.06. The Hall–Kier alpha value is -3.66. The van der Waals surface area contributed by atoms with Crippen LogP contribution in [0.15, 0.2) is 47.4 Å². The maximum absolute atomic E-state index is 14.4. The van der Waals surface area contributed by atoms with E-state index in [4.69, 9.17) is 9.84 Å². The van der Waals surface area contributed by atoms with Crippen molar-refractivity contribution >= 4 is 34.4 Å². The average Bonchev–Trinajstić information content (AvgIpc) is 3.29. The number of para-hydroxylation sites is 1. The molecule has 0 aliphatic carbocycles. The zero-order chi connectivity index (χ0) is 25.5. The molecule has 0 radical (unpaired) electrons. The number of carboxylic acids is 1. The summed E-state index contributed by atoms with van der Waals surface area (Å²) in [6.45, 7) is 2.92. The molecule has 0 fully saturated rings. The Morgan fingerprint density at radius 1 is 1.23 bits per heavy atom. The van der Waals surface area contributed by atoms with Crippen LogP contribution in [-0.4, -0.2) is 35.2 Å². The number of hydrogen-bond donors (Lipinski definition) is 2. The standard InChI is InChI=1S/C25H23F3N2O4S/c1-14(12-26)7-8-34-22-6-4-3-5-17(22)21-13-35-25(29-21)30-23(31)16-10-19(27)18(20(28)11-16)9-15(2)24(32)33/h3-6,9-11,13-14H,7-8,12H2,1-2H3,(H,32,33)(H,29,30,31)/b15-9+. The van der Waals surface area contributed by atoms with E-state index in [0.29, 0.717) is 30.0 Å². The summed E-state index contributed by atoms with van der Waals surface area (Å²) in [6.07, 6.45) is 1.42. The van der Waals surface area contributed by atoms with Crippen LogP contribution in [0.1, 0.15) is 36.2 Å². The maximum atomic E-state index is 14.4. The predicted octanol–water partition coefficient (Wildman–Crippen LogP) is 6.20. The molecular weight excluding hydrogens is 481 g/mol. The van der Waals surface area contributed by atoms with Crippen molar-refractivity contribution in [2.24, 2.45) is 5.92 Å². The van der Waals surface area contributed by atoms with Gasteiger partial charge < -0.3 is 9.84 Å². The van der Waals surface area contributed by atoms with Crippen molar-refractivity contribution in [3.05, 3.63) is 70.1 Å². The summed E-state index contributed by atoms with van der Waals surface area (Å²) in [5, 5.41) is 13.3. The first-order chi connectivity index (χ1) is 16.7. The number of hydrogen-bond acceptors (Lipinski definition) is 5. The van der Waals surface area contributed by atoms with Crippen LogP contribution < -0.4 is 10.1 Å². The summed E-state index contributed by atoms with van der Waals surface area (Å²) in [7, 11) is 0. The van der Waals surface area contributed by atoms with Crippen LogP contribution in [0.2, 0.25) is 0 Å². The quantitative estimate of drug-likeness (QED) is 0.321. The molecule has 1 amide bonds. The second kappa shape index (κ2) is 11.7. The smallest absolute Gasteiger partial charge is 0.331 e. The molecule has 2 aromatic carbocycles. The van der Waals surface area contributed by atoms with Gasteiger partial charge in [-0.3, -0.25) is 14.5 Å². The topological polar surface area (TPSA) is 88.5 Å². The van der Waals surface area contributed by atoms with Gasteiger partial charge in [0.05, 0.1) is 19.0 Å². The second-order valence-electron chi connectivity index (χ2n) is 7.87. The molecule has 0 aliphatic rings. The molecule has 0 spiro atoms. The van der Waals surface area contributed by atoms with Crippen LogP contribution in [0.3, 0.4) is 0 Å². The molecule has 1 atom stereocenters. The molecule has 10 heteroatoms. The van der Waals surface area contributed by atoms with E-state index in [2.05, 4.69) is 10.3 Å². The molecule has 35 heavy (non-hydrogen) atoms. The first-order valence-electron chi connectivity index (χ1n) is 10.6. The van der Waals surface area contributed by atoms with Crippen LogP contribution in [0.4, 0.5) is 18.3 Å². The first-order valence-corrected chi connectivity index (χ1v) is 11.5. The van der Waals surface area contributed by atoms with E-state index >= 15 is 0 Å². The van der Waals surface area contributed by atoms with Crippen LogP contribution in [0.5, 0.6) is 5.75 Å². The van der Waals surface area contributed by atoms with Gasteiger partial charge in [0, 0.05) is 27.6 Å². The number of nitrogens with zero attached hydrogens (tertiary/aromatic N) is 1. The Morgan fingerprint density at radius 2 is 1.91 bits per heavy atom. The predicted molar refractivity (Wildman–Crippen MR) is 128 cm³/mol. The van der Waals surface area contributed by atoms with Crippen molar-refractivity contribution in [2.45, 2.75) is 20.3 Å². The highest BCUT2D eigenvalue weighted by molar-refractivity contribution is 7.14. The second-order valence-corrected chi connectivity index (χ2v) is 8.73. The number of carboxylic acid groups (broad SMARTS) is 1. The molecule has 3 rings (SSSR count). The number of thiazole rings is 1. The van der Waals surface area contributed by atoms with Crippen molar-refractivity contribution in [3.8, 4) is 17.0 Å². The summed E-state index contributed by atoms with van der Waals surface area (Å²) in [4.78, 5) is 27.9. The SMILES string of the molecule is C/C(=C\c1c(F)cc(C(=O)Nc2nc(-c3ccccc3OCCC(C)CF)cs2)cc1F)C(=O)O. The summed E-state index contributed by atoms with van der Waals surface area (Å²) in [5.74, 6) is -3.77. The molecule has 6 nitrogen and oxygen atoms in total. The molecule has 3 aromatic rings. The average molecular weight is 505 g/mol. The number of amides is 1. The number of nitrogens with one attached hydrogen (secondary N) is 1. The highest BCUT2D eigenvalue weighted by Gasteiger charge is 2.17. The molecule has 0 aliphatic heterocycles. The van der Waals surface area contributed by atoms with Crippen LogP contribution in [0, 0.1) is 17.6 Å². The molecule has 1 unspecified atom stereocenters. The molecular formula is C25H23F3N2O4S. The molecule has 1 heterocycles. The monoisotopic (exact) mass is 504 g/mol. The largest absolute Gasteiger partial charge is 0.493 e. The number of carbonyl (C=O) groups excluding carboxylic acids is 1. The lowest BCUT2D eigenvalue weighted by molar-refractivity contribution is -0.132. The zero-order valence-corrected chi connectivity index (χ0v) is 19.8. The maximum Gasteiger partial charge on any atom is 0.331 e. The Kier molecular flexibility index (Phi) is 8.64. The third-order valence-corrected chi connectivity index (χ3v) is 5.82. The number of halogens is 3. The Balaban J connectivity index is 1.75. The highest BCUT2D eigenvalue weighted by Crippen LogP contribution is 2.32. The van der Waals surface area contributed by atoms with Crippen molar-refractivity contribution in [2.75, 3.05) is 18.6 Å². The number of ether oxygens (including phenoxy) is 1. The van der Waals surface area contributed by atoms with Crippen LogP contribution in [0.25, 0.3) is 17.3 Å². The lowest BCUT2D eigenvalue weighted by Gasteiger charge is -2.11. The number of anilines is 1. The number of benzene rings is 2. The van der Waals surface area contributed by atoms with E-state index < -0.39 is 35.7 Å². The van der Waals surface area contributed by atoms with E-state index in [1.54, 1.807) is 36.6 Å². The molecule has 1 aromatic heterocycles. The minimum Gasteiger partial charge on any atom is -0.493 e. The van der Waals surface area contributed by atoms with Crippen LogP contribution >= 0.6 is 11.3 Å². The molecule has 0 bridgehead atoms.